The minimum Gasteiger partial charge on any atom is -0.368 e. The van der Waals surface area contributed by atoms with Crippen molar-refractivity contribution in [2.75, 3.05) is 13.2 Å². The Kier molecular flexibility index (Phi) is 4.12. The fraction of sp³-hybridized carbons (Fsp3) is 0.714. The third-order valence-electron chi connectivity index (χ3n) is 0.956. The molecule has 0 N–H and O–H groups in total. The lowest BCUT2D eigenvalue weighted by Crippen LogP contribution is -2.23. The molecule has 0 amide bonds. The first kappa shape index (κ1) is 9.83. The highest BCUT2D eigenvalue weighted by Crippen LogP contribution is 2.08. The van der Waals surface area contributed by atoms with E-state index in [0.717, 1.165) is 0 Å². The van der Waals surface area contributed by atoms with E-state index in [9.17, 15) is 0 Å². The van der Waals surface area contributed by atoms with Crippen molar-refractivity contribution in [2.24, 2.45) is 5.11 Å². The zero-order chi connectivity index (χ0) is 8.74. The topological polar surface area (TPSA) is 58.0 Å². The highest BCUT2D eigenvalue weighted by atomic mass is 16.5. The Hall–Kier alpha value is -1.17. The number of hydrogen-bond acceptors (Lipinski definition) is 2. The summed E-state index contributed by atoms with van der Waals surface area (Å²) in [5, 5.41) is 3.52. The minimum absolute atomic E-state index is 0.254. The Bertz CT molecular complexity index is 198. The maximum atomic E-state index is 8.12. The Morgan fingerprint density at radius 2 is 2.36 bits per heavy atom. The van der Waals surface area contributed by atoms with Crippen molar-refractivity contribution in [1.82, 2.24) is 0 Å². The summed E-state index contributed by atoms with van der Waals surface area (Å²) >= 11 is 0. The SMILES string of the molecule is C#CCOCC(C)(C)N=[N+]=[N-]. The van der Waals surface area contributed by atoms with Crippen molar-refractivity contribution in [1.29, 1.82) is 0 Å². The van der Waals surface area contributed by atoms with E-state index in [4.69, 9.17) is 16.7 Å². The van der Waals surface area contributed by atoms with Crippen molar-refractivity contribution in [3.05, 3.63) is 10.4 Å². The predicted molar refractivity (Wildman–Crippen MR) is 42.9 cm³/mol. The molecule has 0 saturated carbocycles. The number of azide groups is 1. The summed E-state index contributed by atoms with van der Waals surface area (Å²) in [7, 11) is 0. The number of nitrogens with zero attached hydrogens (tertiary/aromatic N) is 3. The number of hydrogen-bond donors (Lipinski definition) is 0. The largest absolute Gasteiger partial charge is 0.368 e. The van der Waals surface area contributed by atoms with E-state index in [-0.39, 0.29) is 6.61 Å². The van der Waals surface area contributed by atoms with Gasteiger partial charge in [0.25, 0.3) is 0 Å². The second-order valence-corrected chi connectivity index (χ2v) is 2.70. The number of terminal acetylenes is 1. The average Bonchev–Trinajstić information content (AvgIpc) is 1.87. The van der Waals surface area contributed by atoms with E-state index in [1.807, 2.05) is 0 Å². The van der Waals surface area contributed by atoms with Crippen LogP contribution >= 0.6 is 0 Å². The smallest absolute Gasteiger partial charge is 0.107 e. The molecule has 0 spiro atoms. The van der Waals surface area contributed by atoms with Gasteiger partial charge in [0, 0.05) is 4.91 Å². The summed E-state index contributed by atoms with van der Waals surface area (Å²) in [4.78, 5) is 2.68. The van der Waals surface area contributed by atoms with Crippen LogP contribution in [0.2, 0.25) is 0 Å². The zero-order valence-corrected chi connectivity index (χ0v) is 6.74. The van der Waals surface area contributed by atoms with Gasteiger partial charge in [-0.15, -0.1) is 6.42 Å². The van der Waals surface area contributed by atoms with Gasteiger partial charge in [-0.3, -0.25) is 0 Å². The molecule has 0 aliphatic rings. The van der Waals surface area contributed by atoms with Crippen LogP contribution < -0.4 is 0 Å². The van der Waals surface area contributed by atoms with Crippen molar-refractivity contribution in [3.8, 4) is 12.3 Å². The van der Waals surface area contributed by atoms with Crippen molar-refractivity contribution >= 4 is 0 Å². The molecule has 4 heteroatoms. The predicted octanol–water partition coefficient (Wildman–Crippen LogP) is 1.73. The van der Waals surface area contributed by atoms with Crippen LogP contribution in [0.4, 0.5) is 0 Å². The monoisotopic (exact) mass is 153 g/mol. The molecule has 0 heterocycles. The average molecular weight is 153 g/mol. The van der Waals surface area contributed by atoms with Gasteiger partial charge in [-0.25, -0.2) is 0 Å². The van der Waals surface area contributed by atoms with Gasteiger partial charge >= 0.3 is 0 Å². The normalized spacial score (nSPS) is 9.91. The highest BCUT2D eigenvalue weighted by molar-refractivity contribution is 4.84. The lowest BCUT2D eigenvalue weighted by atomic mass is 10.1. The fourth-order valence-electron chi connectivity index (χ4n) is 0.510. The number of ether oxygens (including phenoxy) is 1. The van der Waals surface area contributed by atoms with Crippen molar-refractivity contribution in [2.45, 2.75) is 19.4 Å². The zero-order valence-electron chi connectivity index (χ0n) is 6.74. The van der Waals surface area contributed by atoms with Gasteiger partial charge in [0.1, 0.15) is 6.61 Å². The van der Waals surface area contributed by atoms with E-state index in [1.54, 1.807) is 13.8 Å². The molecule has 0 aromatic carbocycles. The molecule has 0 aliphatic heterocycles. The molecule has 0 unspecified atom stereocenters. The molecule has 0 aliphatic carbocycles. The Morgan fingerprint density at radius 1 is 1.73 bits per heavy atom. The van der Waals surface area contributed by atoms with Crippen LogP contribution in [0.5, 0.6) is 0 Å². The van der Waals surface area contributed by atoms with Crippen molar-refractivity contribution in [3.63, 3.8) is 0 Å². The van der Waals surface area contributed by atoms with Gasteiger partial charge in [-0.05, 0) is 5.53 Å². The van der Waals surface area contributed by atoms with E-state index in [2.05, 4.69) is 15.9 Å². The standard InChI is InChI=1S/C7H11N3O/c1-4-5-11-6-7(2,3)9-10-8/h1H,5-6H2,2-3H3. The first-order valence-electron chi connectivity index (χ1n) is 3.20. The molecule has 0 aromatic rings. The fourth-order valence-corrected chi connectivity index (χ4v) is 0.510. The van der Waals surface area contributed by atoms with E-state index >= 15 is 0 Å². The highest BCUT2D eigenvalue weighted by Gasteiger charge is 2.14. The van der Waals surface area contributed by atoms with Gasteiger partial charge in [0.05, 0.1) is 12.1 Å². The third-order valence-corrected chi connectivity index (χ3v) is 0.956. The molecule has 0 rings (SSSR count). The van der Waals surface area contributed by atoms with Gasteiger partial charge < -0.3 is 4.74 Å². The molecule has 0 bridgehead atoms. The van der Waals surface area contributed by atoms with Crippen LogP contribution in [0, 0.1) is 12.3 Å². The quantitative estimate of drug-likeness (QED) is 0.199. The molecule has 0 aromatic heterocycles. The van der Waals surface area contributed by atoms with Crippen LogP contribution in [0.15, 0.2) is 5.11 Å². The third kappa shape index (κ3) is 5.28. The Labute approximate surface area is 66.2 Å². The van der Waals surface area contributed by atoms with Crippen LogP contribution in [-0.4, -0.2) is 18.8 Å². The lowest BCUT2D eigenvalue weighted by Gasteiger charge is -2.15. The molecular formula is C7H11N3O. The van der Waals surface area contributed by atoms with E-state index < -0.39 is 5.54 Å². The van der Waals surface area contributed by atoms with Crippen LogP contribution in [0.25, 0.3) is 10.4 Å². The second kappa shape index (κ2) is 4.62. The van der Waals surface area contributed by atoms with Crippen LogP contribution in [-0.2, 0) is 4.74 Å². The summed E-state index contributed by atoms with van der Waals surface area (Å²) in [5.74, 6) is 2.33. The lowest BCUT2D eigenvalue weighted by molar-refractivity contribution is 0.124. The maximum Gasteiger partial charge on any atom is 0.107 e. The van der Waals surface area contributed by atoms with Gasteiger partial charge in [-0.2, -0.15) is 0 Å². The number of rotatable bonds is 4. The maximum absolute atomic E-state index is 8.12. The molecule has 60 valence electrons. The molecule has 11 heavy (non-hydrogen) atoms. The van der Waals surface area contributed by atoms with Crippen LogP contribution in [0.3, 0.4) is 0 Å². The van der Waals surface area contributed by atoms with E-state index in [1.165, 1.54) is 0 Å². The summed E-state index contributed by atoms with van der Waals surface area (Å²) in [6.45, 7) is 4.16. The molecule has 4 nitrogen and oxygen atoms in total. The molecule has 0 atom stereocenters. The summed E-state index contributed by atoms with van der Waals surface area (Å²) in [6.07, 6.45) is 4.95. The summed E-state index contributed by atoms with van der Waals surface area (Å²) in [5.41, 5.74) is 7.61. The summed E-state index contributed by atoms with van der Waals surface area (Å²) in [6, 6.07) is 0. The Morgan fingerprint density at radius 3 is 2.82 bits per heavy atom. The minimum atomic E-state index is -0.508. The molecular weight excluding hydrogens is 142 g/mol. The molecule has 0 radical (unpaired) electrons. The molecule has 0 fully saturated rings. The van der Waals surface area contributed by atoms with Crippen LogP contribution in [0.1, 0.15) is 13.8 Å². The van der Waals surface area contributed by atoms with E-state index in [0.29, 0.717) is 6.61 Å². The molecule has 0 saturated heterocycles. The first-order valence-corrected chi connectivity index (χ1v) is 3.20. The van der Waals surface area contributed by atoms with Crippen molar-refractivity contribution < 1.29 is 4.74 Å². The summed E-state index contributed by atoms with van der Waals surface area (Å²) < 4.78 is 5.00. The first-order chi connectivity index (χ1) is 5.12. The Balaban J connectivity index is 3.74. The van der Waals surface area contributed by atoms with Gasteiger partial charge in [0.15, 0.2) is 0 Å². The van der Waals surface area contributed by atoms with Gasteiger partial charge in [0.2, 0.25) is 0 Å². The van der Waals surface area contributed by atoms with Gasteiger partial charge in [-0.1, -0.05) is 24.9 Å². The second-order valence-electron chi connectivity index (χ2n) is 2.70.